The van der Waals surface area contributed by atoms with Crippen molar-refractivity contribution >= 4 is 5.97 Å². The zero-order valence-electron chi connectivity index (χ0n) is 8.24. The lowest BCUT2D eigenvalue weighted by Gasteiger charge is -1.98. The Hall–Kier alpha value is -2.43. The first-order chi connectivity index (χ1) is 7.70. The van der Waals surface area contributed by atoms with Crippen molar-refractivity contribution in [3.63, 3.8) is 0 Å². The largest absolute Gasteiger partial charge is 0.473 e. The molecule has 0 aliphatic heterocycles. The topological polar surface area (TPSA) is 74.3 Å². The Bertz CT molecular complexity index is 526. The summed E-state index contributed by atoms with van der Waals surface area (Å²) in [6.45, 7) is 0. The van der Waals surface area contributed by atoms with Gasteiger partial charge in [-0.2, -0.15) is 0 Å². The maximum absolute atomic E-state index is 10.8. The second kappa shape index (κ2) is 3.98. The number of hydrogen-bond donors (Lipinski definition) is 2. The molecule has 5 nitrogen and oxygen atoms in total. The average Bonchev–Trinajstić information content (AvgIpc) is 2.30. The van der Waals surface area contributed by atoms with Gasteiger partial charge in [-0.15, -0.1) is 0 Å². The van der Waals surface area contributed by atoms with Crippen molar-refractivity contribution in [2.45, 2.75) is 0 Å². The highest BCUT2D eigenvalue weighted by atomic mass is 16.5. The lowest BCUT2D eigenvalue weighted by atomic mass is 10.2. The third-order valence-electron chi connectivity index (χ3n) is 2.14. The Morgan fingerprint density at radius 3 is 2.69 bits per heavy atom. The minimum Gasteiger partial charge on any atom is -0.473 e. The summed E-state index contributed by atoms with van der Waals surface area (Å²) in [5.74, 6) is -1.19. The molecule has 0 unspecified atom stereocenters. The third-order valence-corrected chi connectivity index (χ3v) is 2.14. The molecule has 0 aromatic carbocycles. The van der Waals surface area contributed by atoms with E-state index in [2.05, 4.69) is 4.98 Å². The normalized spacial score (nSPS) is 10.0. The molecule has 0 saturated heterocycles. The number of nitrogens with zero attached hydrogens (tertiary/aromatic N) is 2. The molecule has 0 radical (unpaired) electrons. The van der Waals surface area contributed by atoms with Crippen molar-refractivity contribution in [3.8, 4) is 11.3 Å². The summed E-state index contributed by atoms with van der Waals surface area (Å²) in [6.07, 6.45) is 3.15. The maximum atomic E-state index is 10.8. The molecule has 2 heterocycles. The van der Waals surface area contributed by atoms with E-state index in [1.807, 2.05) is 0 Å². The Morgan fingerprint density at radius 1 is 1.25 bits per heavy atom. The first kappa shape index (κ1) is 10.1. The monoisotopic (exact) mass is 217 g/mol. The summed E-state index contributed by atoms with van der Waals surface area (Å²) < 4.78 is 0.638. The summed E-state index contributed by atoms with van der Waals surface area (Å²) in [5.41, 5.74) is 0.836. The number of aromatic carboxylic acids is 1. The molecular formula is C11H9N2O3+. The molecule has 0 spiro atoms. The molecule has 0 bridgehead atoms. The first-order valence-corrected chi connectivity index (χ1v) is 4.58. The molecule has 0 fully saturated rings. The van der Waals surface area contributed by atoms with Gasteiger partial charge >= 0.3 is 11.7 Å². The fourth-order valence-electron chi connectivity index (χ4n) is 1.40. The highest BCUT2D eigenvalue weighted by Gasteiger charge is 2.23. The number of pyridine rings is 2. The van der Waals surface area contributed by atoms with Crippen molar-refractivity contribution in [2.75, 3.05) is 0 Å². The van der Waals surface area contributed by atoms with E-state index in [9.17, 15) is 10.0 Å². The van der Waals surface area contributed by atoms with Crippen molar-refractivity contribution in [3.05, 3.63) is 48.4 Å². The van der Waals surface area contributed by atoms with Crippen molar-refractivity contribution < 1.29 is 19.8 Å². The van der Waals surface area contributed by atoms with Crippen LogP contribution in [-0.4, -0.2) is 21.3 Å². The molecule has 2 rings (SSSR count). The van der Waals surface area contributed by atoms with Gasteiger partial charge in [-0.1, -0.05) is 0 Å². The molecule has 2 N–H and O–H groups in total. The van der Waals surface area contributed by atoms with E-state index in [1.54, 1.807) is 36.7 Å². The summed E-state index contributed by atoms with van der Waals surface area (Å²) in [5, 5.41) is 18.6. The minimum absolute atomic E-state index is 0.193. The fraction of sp³-hybridized carbons (Fsp3) is 0. The van der Waals surface area contributed by atoms with E-state index in [-0.39, 0.29) is 5.69 Å². The lowest BCUT2D eigenvalue weighted by molar-refractivity contribution is -0.897. The number of carboxylic acid groups (broad SMARTS) is 1. The van der Waals surface area contributed by atoms with Gasteiger partial charge < -0.3 is 5.11 Å². The molecule has 16 heavy (non-hydrogen) atoms. The van der Waals surface area contributed by atoms with Crippen LogP contribution in [0.1, 0.15) is 10.5 Å². The predicted molar refractivity (Wildman–Crippen MR) is 54.0 cm³/mol. The summed E-state index contributed by atoms with van der Waals surface area (Å²) in [6, 6.07) is 7.95. The summed E-state index contributed by atoms with van der Waals surface area (Å²) in [7, 11) is 0. The van der Waals surface area contributed by atoms with Crippen LogP contribution in [0, 0.1) is 0 Å². The summed E-state index contributed by atoms with van der Waals surface area (Å²) in [4.78, 5) is 14.7. The smallest absolute Gasteiger partial charge is 0.406 e. The molecule has 0 saturated carbocycles. The zero-order valence-corrected chi connectivity index (χ0v) is 8.24. The molecule has 0 aliphatic carbocycles. The van der Waals surface area contributed by atoms with Crippen LogP contribution in [0.5, 0.6) is 0 Å². The molecule has 0 atom stereocenters. The maximum Gasteiger partial charge on any atom is 0.406 e. The molecular weight excluding hydrogens is 208 g/mol. The second-order valence-electron chi connectivity index (χ2n) is 3.15. The standard InChI is InChI=1S/C11H8N2O3/c14-11(15)10-5-1-4-9(13(10)16)8-3-2-6-12-7-8/h1-7H,(H-,14,15,16)/p+1. The van der Waals surface area contributed by atoms with Gasteiger partial charge in [-0.05, 0) is 18.2 Å². The van der Waals surface area contributed by atoms with Crippen molar-refractivity contribution in [2.24, 2.45) is 0 Å². The number of carbonyl (C=O) groups is 1. The van der Waals surface area contributed by atoms with Crippen LogP contribution in [0.25, 0.3) is 11.3 Å². The average molecular weight is 217 g/mol. The van der Waals surface area contributed by atoms with Crippen molar-refractivity contribution in [1.82, 2.24) is 4.98 Å². The Morgan fingerprint density at radius 2 is 2.06 bits per heavy atom. The SMILES string of the molecule is O=C(O)c1cccc(-c2cccnc2)[n+]1O. The van der Waals surface area contributed by atoms with Gasteiger partial charge in [-0.25, -0.2) is 4.79 Å². The van der Waals surface area contributed by atoms with Crippen LogP contribution in [0.2, 0.25) is 0 Å². The van der Waals surface area contributed by atoms with E-state index in [1.165, 1.54) is 6.07 Å². The number of carboxylic acids is 1. The Kier molecular flexibility index (Phi) is 2.51. The fourth-order valence-corrected chi connectivity index (χ4v) is 1.40. The van der Waals surface area contributed by atoms with E-state index in [4.69, 9.17) is 5.11 Å². The van der Waals surface area contributed by atoms with Crippen LogP contribution in [0.3, 0.4) is 0 Å². The highest BCUT2D eigenvalue weighted by Crippen LogP contribution is 2.13. The van der Waals surface area contributed by atoms with Crippen LogP contribution < -0.4 is 4.73 Å². The molecule has 0 amide bonds. The van der Waals surface area contributed by atoms with Gasteiger partial charge in [0.1, 0.15) is 0 Å². The highest BCUT2D eigenvalue weighted by molar-refractivity contribution is 5.83. The van der Waals surface area contributed by atoms with Gasteiger partial charge in [-0.3, -0.25) is 10.2 Å². The lowest BCUT2D eigenvalue weighted by Crippen LogP contribution is -2.39. The van der Waals surface area contributed by atoms with Gasteiger partial charge in [0.25, 0.3) is 5.69 Å². The third kappa shape index (κ3) is 1.70. The summed E-state index contributed by atoms with van der Waals surface area (Å²) >= 11 is 0. The first-order valence-electron chi connectivity index (χ1n) is 4.58. The van der Waals surface area contributed by atoms with E-state index in [0.717, 1.165) is 0 Å². The van der Waals surface area contributed by atoms with Gasteiger partial charge in [0.05, 0.1) is 5.56 Å². The number of aromatic nitrogens is 2. The Balaban J connectivity index is 2.59. The Labute approximate surface area is 91.2 Å². The van der Waals surface area contributed by atoms with Gasteiger partial charge in [0.15, 0.2) is 0 Å². The molecule has 80 valence electrons. The van der Waals surface area contributed by atoms with Crippen LogP contribution in [-0.2, 0) is 0 Å². The van der Waals surface area contributed by atoms with Crippen LogP contribution >= 0.6 is 0 Å². The van der Waals surface area contributed by atoms with Gasteiger partial charge in [0.2, 0.25) is 0 Å². The van der Waals surface area contributed by atoms with Crippen LogP contribution in [0.4, 0.5) is 0 Å². The van der Waals surface area contributed by atoms with E-state index < -0.39 is 5.97 Å². The predicted octanol–water partition coefficient (Wildman–Crippen LogP) is 0.972. The molecule has 2 aromatic heterocycles. The van der Waals surface area contributed by atoms with E-state index in [0.29, 0.717) is 16.0 Å². The minimum atomic E-state index is -1.19. The second-order valence-corrected chi connectivity index (χ2v) is 3.15. The number of rotatable bonds is 2. The molecule has 5 heteroatoms. The van der Waals surface area contributed by atoms with Crippen molar-refractivity contribution in [1.29, 1.82) is 0 Å². The quantitative estimate of drug-likeness (QED) is 0.580. The number of hydrogen-bond acceptors (Lipinski definition) is 3. The van der Waals surface area contributed by atoms with Crippen LogP contribution in [0.15, 0.2) is 42.7 Å². The molecule has 0 aliphatic rings. The van der Waals surface area contributed by atoms with E-state index >= 15 is 0 Å². The van der Waals surface area contributed by atoms with Gasteiger partial charge in [0, 0.05) is 29.3 Å². The zero-order chi connectivity index (χ0) is 11.5. The molecule has 2 aromatic rings.